The lowest BCUT2D eigenvalue weighted by Crippen LogP contribution is -2.39. The summed E-state index contributed by atoms with van der Waals surface area (Å²) in [6.07, 6.45) is -0.109. The molecular formula is C15H15BrO4. The molecule has 2 atom stereocenters. The molecule has 5 heteroatoms. The highest BCUT2D eigenvalue weighted by Crippen LogP contribution is 2.38. The zero-order valence-electron chi connectivity index (χ0n) is 11.3. The summed E-state index contributed by atoms with van der Waals surface area (Å²) in [7, 11) is 0. The second kappa shape index (κ2) is 5.22. The maximum absolute atomic E-state index is 12.6. The van der Waals surface area contributed by atoms with Gasteiger partial charge in [-0.15, -0.1) is 0 Å². The number of hydrogen-bond donors (Lipinski definition) is 0. The lowest BCUT2D eigenvalue weighted by molar-refractivity contribution is -0.137. The topological polar surface area (TPSA) is 44.8 Å². The van der Waals surface area contributed by atoms with Gasteiger partial charge in [0.2, 0.25) is 6.29 Å². The van der Waals surface area contributed by atoms with Gasteiger partial charge < -0.3 is 14.2 Å². The van der Waals surface area contributed by atoms with E-state index in [9.17, 15) is 4.79 Å². The molecule has 1 aromatic rings. The summed E-state index contributed by atoms with van der Waals surface area (Å²) in [5.41, 5.74) is 1.18. The average molecular weight is 339 g/mol. The summed E-state index contributed by atoms with van der Waals surface area (Å²) < 4.78 is 18.0. The third-order valence-corrected chi connectivity index (χ3v) is 3.96. The van der Waals surface area contributed by atoms with Gasteiger partial charge >= 0.3 is 0 Å². The number of rotatable bonds is 2. The molecule has 0 bridgehead atoms. The van der Waals surface area contributed by atoms with Crippen LogP contribution in [0.25, 0.3) is 0 Å². The van der Waals surface area contributed by atoms with Crippen LogP contribution in [0.15, 0.2) is 34.0 Å². The normalized spacial score (nSPS) is 24.6. The highest BCUT2D eigenvalue weighted by Gasteiger charge is 2.39. The quantitative estimate of drug-likeness (QED) is 0.828. The summed E-state index contributed by atoms with van der Waals surface area (Å²) in [4.78, 5) is 12.6. The van der Waals surface area contributed by atoms with E-state index in [1.807, 2.05) is 19.1 Å². The summed E-state index contributed by atoms with van der Waals surface area (Å²) in [5, 5.41) is 0. The smallest absolute Gasteiger partial charge is 0.203 e. The third kappa shape index (κ3) is 2.25. The minimum atomic E-state index is -0.349. The highest BCUT2D eigenvalue weighted by molar-refractivity contribution is 9.10. The third-order valence-electron chi connectivity index (χ3n) is 3.47. The van der Waals surface area contributed by atoms with Crippen molar-refractivity contribution < 1.29 is 19.0 Å². The molecule has 0 radical (unpaired) electrons. The number of benzene rings is 1. The Hall–Kier alpha value is -1.33. The van der Waals surface area contributed by atoms with Crippen molar-refractivity contribution in [2.45, 2.75) is 32.7 Å². The second-order valence-electron chi connectivity index (χ2n) is 4.78. The van der Waals surface area contributed by atoms with Crippen LogP contribution in [-0.4, -0.2) is 24.8 Å². The van der Waals surface area contributed by atoms with Crippen molar-refractivity contribution in [3.05, 3.63) is 39.6 Å². The van der Waals surface area contributed by atoms with Crippen LogP contribution >= 0.6 is 15.9 Å². The first-order valence-corrected chi connectivity index (χ1v) is 7.39. The molecule has 2 heterocycles. The van der Waals surface area contributed by atoms with Crippen molar-refractivity contribution in [2.75, 3.05) is 6.61 Å². The van der Waals surface area contributed by atoms with Crippen LogP contribution in [0.4, 0.5) is 0 Å². The zero-order valence-corrected chi connectivity index (χ0v) is 12.9. The van der Waals surface area contributed by atoms with Crippen LogP contribution < -0.4 is 4.74 Å². The molecule has 0 aromatic heterocycles. The molecule has 3 rings (SSSR count). The Balaban J connectivity index is 2.00. The van der Waals surface area contributed by atoms with Gasteiger partial charge in [-0.05, 0) is 32.0 Å². The van der Waals surface area contributed by atoms with Crippen molar-refractivity contribution in [1.82, 2.24) is 0 Å². The number of carbonyl (C=O) groups excluding carboxylic acids is 1. The van der Waals surface area contributed by atoms with Crippen molar-refractivity contribution in [1.29, 1.82) is 0 Å². The van der Waals surface area contributed by atoms with E-state index < -0.39 is 0 Å². The number of fused-ring (bicyclic) bond motifs is 2. The van der Waals surface area contributed by atoms with Gasteiger partial charge in [0, 0.05) is 11.1 Å². The van der Waals surface area contributed by atoms with Gasteiger partial charge in [0.25, 0.3) is 0 Å². The van der Waals surface area contributed by atoms with Crippen LogP contribution in [-0.2, 0) is 9.47 Å². The Morgan fingerprint density at radius 3 is 2.95 bits per heavy atom. The van der Waals surface area contributed by atoms with Crippen molar-refractivity contribution >= 4 is 21.7 Å². The number of allylic oxidation sites excluding steroid dienone is 1. The fourth-order valence-corrected chi connectivity index (χ4v) is 2.97. The van der Waals surface area contributed by atoms with Gasteiger partial charge in [0.15, 0.2) is 5.78 Å². The predicted octanol–water partition coefficient (Wildman–Crippen LogP) is 3.45. The predicted molar refractivity (Wildman–Crippen MR) is 76.7 cm³/mol. The molecule has 1 aromatic carbocycles. The molecule has 0 spiro atoms. The van der Waals surface area contributed by atoms with Crippen LogP contribution in [0, 0.1) is 0 Å². The summed E-state index contributed by atoms with van der Waals surface area (Å²) in [5.74, 6) is 1.19. The monoisotopic (exact) mass is 338 g/mol. The van der Waals surface area contributed by atoms with E-state index in [2.05, 4.69) is 15.9 Å². The molecule has 0 fully saturated rings. The van der Waals surface area contributed by atoms with Gasteiger partial charge in [-0.2, -0.15) is 0 Å². The number of hydrogen-bond acceptors (Lipinski definition) is 4. The molecule has 0 unspecified atom stereocenters. The number of ketones is 1. The average Bonchev–Trinajstić information content (AvgIpc) is 2.40. The Morgan fingerprint density at radius 1 is 1.40 bits per heavy atom. The Kier molecular flexibility index (Phi) is 3.56. The highest BCUT2D eigenvalue weighted by atomic mass is 79.9. The fraction of sp³-hybridized carbons (Fsp3) is 0.400. The van der Waals surface area contributed by atoms with Crippen molar-refractivity contribution in [3.8, 4) is 5.75 Å². The lowest BCUT2D eigenvalue weighted by Gasteiger charge is -2.35. The van der Waals surface area contributed by atoms with E-state index in [0.717, 1.165) is 4.47 Å². The first-order chi connectivity index (χ1) is 9.60. The molecule has 0 aliphatic carbocycles. The van der Waals surface area contributed by atoms with Crippen LogP contribution in [0.1, 0.15) is 30.6 Å². The largest absolute Gasteiger partial charge is 0.484 e. The van der Waals surface area contributed by atoms with Crippen LogP contribution in [0.2, 0.25) is 0 Å². The van der Waals surface area contributed by atoms with Gasteiger partial charge in [-0.25, -0.2) is 0 Å². The molecule has 0 amide bonds. The molecular weight excluding hydrogens is 324 g/mol. The van der Waals surface area contributed by atoms with E-state index in [1.54, 1.807) is 13.0 Å². The number of halogens is 1. The minimum absolute atomic E-state index is 0.0231. The van der Waals surface area contributed by atoms with Crippen LogP contribution in [0.3, 0.4) is 0 Å². The number of carbonyl (C=O) groups is 1. The van der Waals surface area contributed by atoms with E-state index in [0.29, 0.717) is 35.7 Å². The SMILES string of the molecule is CCO[C@@H]1C[C@@H]2Oc3ccc(Br)cc3C(=O)C2=C(C)O1. The zero-order chi connectivity index (χ0) is 14.3. The first-order valence-electron chi connectivity index (χ1n) is 6.60. The Labute approximate surface area is 125 Å². The molecule has 0 saturated heterocycles. The Morgan fingerprint density at radius 2 is 2.20 bits per heavy atom. The summed E-state index contributed by atoms with van der Waals surface area (Å²) in [6.45, 7) is 4.27. The molecule has 2 aliphatic heterocycles. The minimum Gasteiger partial charge on any atom is -0.484 e. The first kappa shape index (κ1) is 13.6. The van der Waals surface area contributed by atoms with E-state index >= 15 is 0 Å². The van der Waals surface area contributed by atoms with E-state index in [1.165, 1.54) is 0 Å². The van der Waals surface area contributed by atoms with Crippen molar-refractivity contribution in [2.24, 2.45) is 0 Å². The van der Waals surface area contributed by atoms with E-state index in [-0.39, 0.29) is 18.2 Å². The maximum atomic E-state index is 12.6. The molecule has 0 N–H and O–H groups in total. The molecule has 106 valence electrons. The molecule has 2 aliphatic rings. The molecule has 20 heavy (non-hydrogen) atoms. The van der Waals surface area contributed by atoms with Gasteiger partial charge in [-0.1, -0.05) is 15.9 Å². The number of Topliss-reactive ketones (excluding diaryl/α,β-unsaturated/α-hetero) is 1. The lowest BCUT2D eigenvalue weighted by atomic mass is 9.91. The second-order valence-corrected chi connectivity index (χ2v) is 5.70. The molecule has 0 saturated carbocycles. The summed E-state index contributed by atoms with van der Waals surface area (Å²) >= 11 is 3.38. The number of ether oxygens (including phenoxy) is 3. The Bertz CT molecular complexity index is 594. The fourth-order valence-electron chi connectivity index (χ4n) is 2.61. The van der Waals surface area contributed by atoms with Crippen molar-refractivity contribution in [3.63, 3.8) is 0 Å². The van der Waals surface area contributed by atoms with Crippen LogP contribution in [0.5, 0.6) is 5.75 Å². The standard InChI is InChI=1S/C15H15BrO4/c1-3-18-13-7-12-14(8(2)19-13)15(17)10-6-9(16)4-5-11(10)20-12/h4-6,12-13H,3,7H2,1-2H3/t12-,13-/m0/s1. The summed E-state index contributed by atoms with van der Waals surface area (Å²) in [6, 6.07) is 5.46. The van der Waals surface area contributed by atoms with Gasteiger partial charge in [-0.3, -0.25) is 4.79 Å². The van der Waals surface area contributed by atoms with Gasteiger partial charge in [0.1, 0.15) is 17.6 Å². The maximum Gasteiger partial charge on any atom is 0.203 e. The van der Waals surface area contributed by atoms with Gasteiger partial charge in [0.05, 0.1) is 17.6 Å². The van der Waals surface area contributed by atoms with E-state index in [4.69, 9.17) is 14.2 Å². The molecule has 4 nitrogen and oxygen atoms in total.